The second-order valence-electron chi connectivity index (χ2n) is 5.64. The molecule has 1 aliphatic heterocycles. The maximum Gasteiger partial charge on any atom is 0.123 e. The standard InChI is InChI=1S/C15H20FNO/c16-13-6-7-15(18)12(9-13)10-17-8-2-4-11-3-1-5-14(11)17/h6-7,9,11,14,18H,1-5,8,10H2. The third-order valence-electron chi connectivity index (χ3n) is 4.52. The first-order chi connectivity index (χ1) is 8.74. The highest BCUT2D eigenvalue weighted by molar-refractivity contribution is 5.32. The lowest BCUT2D eigenvalue weighted by Crippen LogP contribution is -2.41. The smallest absolute Gasteiger partial charge is 0.123 e. The van der Waals surface area contributed by atoms with Gasteiger partial charge < -0.3 is 5.11 Å². The van der Waals surface area contributed by atoms with Gasteiger partial charge in [0.25, 0.3) is 0 Å². The number of nitrogens with zero attached hydrogens (tertiary/aromatic N) is 1. The first-order valence-electron chi connectivity index (χ1n) is 6.95. The first-order valence-corrected chi connectivity index (χ1v) is 6.95. The van der Waals surface area contributed by atoms with E-state index < -0.39 is 0 Å². The molecule has 0 amide bonds. The average Bonchev–Trinajstić information content (AvgIpc) is 2.83. The normalized spacial score (nSPS) is 28.3. The molecule has 0 spiro atoms. The predicted octanol–water partition coefficient (Wildman–Crippen LogP) is 3.30. The Kier molecular flexibility index (Phi) is 3.25. The number of phenolic OH excluding ortho intramolecular Hbond substituents is 1. The number of benzene rings is 1. The van der Waals surface area contributed by atoms with Gasteiger partial charge in [0.05, 0.1) is 0 Å². The molecule has 1 saturated heterocycles. The molecule has 2 nitrogen and oxygen atoms in total. The van der Waals surface area contributed by atoms with Crippen molar-refractivity contribution in [3.63, 3.8) is 0 Å². The Hall–Kier alpha value is -1.09. The number of piperidine rings is 1. The summed E-state index contributed by atoms with van der Waals surface area (Å²) in [5.41, 5.74) is 0.725. The summed E-state index contributed by atoms with van der Waals surface area (Å²) in [7, 11) is 0. The topological polar surface area (TPSA) is 23.5 Å². The fourth-order valence-corrected chi connectivity index (χ4v) is 3.65. The van der Waals surface area contributed by atoms with Crippen molar-refractivity contribution in [1.82, 2.24) is 4.90 Å². The Morgan fingerprint density at radius 3 is 2.94 bits per heavy atom. The van der Waals surface area contributed by atoms with E-state index in [2.05, 4.69) is 4.90 Å². The van der Waals surface area contributed by atoms with Gasteiger partial charge in [0, 0.05) is 18.2 Å². The van der Waals surface area contributed by atoms with E-state index in [4.69, 9.17) is 0 Å². The fraction of sp³-hybridized carbons (Fsp3) is 0.600. The third kappa shape index (κ3) is 2.24. The molecule has 98 valence electrons. The van der Waals surface area contributed by atoms with Crippen LogP contribution >= 0.6 is 0 Å². The van der Waals surface area contributed by atoms with Gasteiger partial charge in [-0.05, 0) is 56.3 Å². The monoisotopic (exact) mass is 249 g/mol. The molecular weight excluding hydrogens is 229 g/mol. The SMILES string of the molecule is Oc1ccc(F)cc1CN1CCCC2CCCC21. The van der Waals surface area contributed by atoms with Crippen molar-refractivity contribution in [1.29, 1.82) is 0 Å². The Labute approximate surface area is 107 Å². The van der Waals surface area contributed by atoms with Crippen LogP contribution in [-0.4, -0.2) is 22.6 Å². The average molecular weight is 249 g/mol. The van der Waals surface area contributed by atoms with Crippen LogP contribution in [0.15, 0.2) is 18.2 Å². The molecule has 1 N–H and O–H groups in total. The molecule has 3 rings (SSSR count). The first kappa shape index (κ1) is 12.0. The highest BCUT2D eigenvalue weighted by Gasteiger charge is 2.34. The molecule has 0 bridgehead atoms. The second kappa shape index (κ2) is 4.88. The summed E-state index contributed by atoms with van der Waals surface area (Å²) in [5, 5.41) is 9.81. The van der Waals surface area contributed by atoms with Crippen LogP contribution in [0.4, 0.5) is 4.39 Å². The number of phenols is 1. The van der Waals surface area contributed by atoms with Crippen LogP contribution in [0.3, 0.4) is 0 Å². The lowest BCUT2D eigenvalue weighted by atomic mass is 9.91. The molecule has 1 aliphatic carbocycles. The lowest BCUT2D eigenvalue weighted by molar-refractivity contribution is 0.105. The van der Waals surface area contributed by atoms with Gasteiger partial charge in [-0.1, -0.05) is 6.42 Å². The summed E-state index contributed by atoms with van der Waals surface area (Å²) in [6.07, 6.45) is 6.51. The van der Waals surface area contributed by atoms with E-state index in [-0.39, 0.29) is 11.6 Å². The molecule has 18 heavy (non-hydrogen) atoms. The molecule has 0 radical (unpaired) electrons. The van der Waals surface area contributed by atoms with Gasteiger partial charge in [0.2, 0.25) is 0 Å². The van der Waals surface area contributed by atoms with Gasteiger partial charge in [-0.15, -0.1) is 0 Å². The highest BCUT2D eigenvalue weighted by atomic mass is 19.1. The molecule has 2 aliphatic rings. The van der Waals surface area contributed by atoms with Crippen molar-refractivity contribution in [2.45, 2.75) is 44.7 Å². The van der Waals surface area contributed by atoms with Crippen LogP contribution in [0.5, 0.6) is 5.75 Å². The number of hydrogen-bond donors (Lipinski definition) is 1. The third-order valence-corrected chi connectivity index (χ3v) is 4.52. The zero-order valence-electron chi connectivity index (χ0n) is 10.6. The van der Waals surface area contributed by atoms with E-state index in [0.29, 0.717) is 12.6 Å². The molecule has 2 atom stereocenters. The van der Waals surface area contributed by atoms with Gasteiger partial charge in [-0.2, -0.15) is 0 Å². The number of halogens is 1. The molecule has 1 heterocycles. The van der Waals surface area contributed by atoms with Crippen LogP contribution in [0.1, 0.15) is 37.7 Å². The summed E-state index contributed by atoms with van der Waals surface area (Å²) in [6, 6.07) is 4.89. The quantitative estimate of drug-likeness (QED) is 0.869. The van der Waals surface area contributed by atoms with Gasteiger partial charge in [-0.25, -0.2) is 4.39 Å². The van der Waals surface area contributed by atoms with Crippen LogP contribution < -0.4 is 0 Å². The highest BCUT2D eigenvalue weighted by Crippen LogP contribution is 2.38. The van der Waals surface area contributed by atoms with Crippen LogP contribution in [0.25, 0.3) is 0 Å². The van der Waals surface area contributed by atoms with E-state index in [0.717, 1.165) is 18.0 Å². The van der Waals surface area contributed by atoms with E-state index in [9.17, 15) is 9.50 Å². The molecule has 1 aromatic carbocycles. The maximum absolute atomic E-state index is 13.2. The Morgan fingerprint density at radius 1 is 1.22 bits per heavy atom. The number of rotatable bonds is 2. The number of aromatic hydroxyl groups is 1. The minimum atomic E-state index is -0.261. The molecular formula is C15H20FNO. The summed E-state index contributed by atoms with van der Waals surface area (Å²) < 4.78 is 13.2. The summed E-state index contributed by atoms with van der Waals surface area (Å²) in [4.78, 5) is 2.44. The lowest BCUT2D eigenvalue weighted by Gasteiger charge is -2.37. The van der Waals surface area contributed by atoms with Gasteiger partial charge >= 0.3 is 0 Å². The van der Waals surface area contributed by atoms with Crippen molar-refractivity contribution in [3.8, 4) is 5.75 Å². The largest absolute Gasteiger partial charge is 0.508 e. The Morgan fingerprint density at radius 2 is 2.06 bits per heavy atom. The van der Waals surface area contributed by atoms with Gasteiger partial charge in [0.1, 0.15) is 11.6 Å². The summed E-state index contributed by atoms with van der Waals surface area (Å²) >= 11 is 0. The van der Waals surface area contributed by atoms with Crippen molar-refractivity contribution in [2.24, 2.45) is 5.92 Å². The van der Waals surface area contributed by atoms with Crippen molar-refractivity contribution >= 4 is 0 Å². The molecule has 2 unspecified atom stereocenters. The molecule has 2 fully saturated rings. The van der Waals surface area contributed by atoms with Crippen molar-refractivity contribution in [2.75, 3.05) is 6.54 Å². The number of hydrogen-bond acceptors (Lipinski definition) is 2. The maximum atomic E-state index is 13.2. The van der Waals surface area contributed by atoms with E-state index in [1.807, 2.05) is 0 Å². The Balaban J connectivity index is 1.77. The van der Waals surface area contributed by atoms with E-state index >= 15 is 0 Å². The zero-order chi connectivity index (χ0) is 12.5. The molecule has 1 saturated carbocycles. The zero-order valence-corrected chi connectivity index (χ0v) is 10.6. The minimum absolute atomic E-state index is 0.219. The van der Waals surface area contributed by atoms with Crippen LogP contribution in [0.2, 0.25) is 0 Å². The number of likely N-dealkylation sites (tertiary alicyclic amines) is 1. The van der Waals surface area contributed by atoms with Crippen LogP contribution in [-0.2, 0) is 6.54 Å². The van der Waals surface area contributed by atoms with Crippen LogP contribution in [0, 0.1) is 11.7 Å². The van der Waals surface area contributed by atoms with E-state index in [1.165, 1.54) is 50.3 Å². The molecule has 0 aromatic heterocycles. The predicted molar refractivity (Wildman–Crippen MR) is 68.8 cm³/mol. The summed E-state index contributed by atoms with van der Waals surface area (Å²) in [6.45, 7) is 1.77. The van der Waals surface area contributed by atoms with Gasteiger partial charge in [-0.3, -0.25) is 4.90 Å². The number of fused-ring (bicyclic) bond motifs is 1. The second-order valence-corrected chi connectivity index (χ2v) is 5.64. The Bertz CT molecular complexity index is 435. The molecule has 1 aromatic rings. The van der Waals surface area contributed by atoms with E-state index in [1.54, 1.807) is 0 Å². The fourth-order valence-electron chi connectivity index (χ4n) is 3.65. The summed E-state index contributed by atoms with van der Waals surface area (Å²) in [5.74, 6) is 0.786. The van der Waals surface area contributed by atoms with Crippen molar-refractivity contribution in [3.05, 3.63) is 29.6 Å². The molecule has 3 heteroatoms. The minimum Gasteiger partial charge on any atom is -0.508 e. The van der Waals surface area contributed by atoms with Gasteiger partial charge in [0.15, 0.2) is 0 Å². The van der Waals surface area contributed by atoms with Crippen molar-refractivity contribution < 1.29 is 9.50 Å².